The highest BCUT2D eigenvalue weighted by Crippen LogP contribution is 2.30. The van der Waals surface area contributed by atoms with Crippen LogP contribution in [0.1, 0.15) is 18.4 Å². The Morgan fingerprint density at radius 2 is 1.85 bits per heavy atom. The summed E-state index contributed by atoms with van der Waals surface area (Å²) in [5, 5.41) is 8.76. The molecule has 1 aliphatic heterocycles. The van der Waals surface area contributed by atoms with E-state index in [0.29, 0.717) is 6.54 Å². The molecule has 8 nitrogen and oxygen atoms in total. The van der Waals surface area contributed by atoms with Crippen LogP contribution in [0.25, 0.3) is 16.2 Å². The molecule has 0 saturated carbocycles. The van der Waals surface area contributed by atoms with Gasteiger partial charge < -0.3 is 19.7 Å². The minimum absolute atomic E-state index is 0.0209. The fourth-order valence-corrected chi connectivity index (χ4v) is 5.10. The molecular formula is C25H27N5O3S. The van der Waals surface area contributed by atoms with Gasteiger partial charge in [-0.1, -0.05) is 23.5 Å². The van der Waals surface area contributed by atoms with Crippen LogP contribution in [0.2, 0.25) is 0 Å². The molecule has 0 unspecified atom stereocenters. The molecule has 9 heteroatoms. The number of carbonyl (C=O) groups excluding carboxylic acids is 1. The van der Waals surface area contributed by atoms with Crippen LogP contribution in [-0.4, -0.2) is 47.8 Å². The van der Waals surface area contributed by atoms with E-state index in [0.717, 1.165) is 64.3 Å². The Morgan fingerprint density at radius 3 is 2.56 bits per heavy atom. The first-order valence-corrected chi connectivity index (χ1v) is 12.1. The normalized spacial score (nSPS) is 14.4. The molecule has 1 aliphatic rings. The standard InChI is InChI=1S/C25H27N5O3S/c1-32-20-8-6-18(7-9-20)22-16-30-24(27-22)34-25(28-30)29-12-10-19(11-13-29)23(31)26-15-17-4-3-5-21(14-17)33-2/h3-9,14,16,19H,10-13,15H2,1-2H3,(H,26,31). The van der Waals surface area contributed by atoms with Gasteiger partial charge in [0.05, 0.1) is 26.1 Å². The van der Waals surface area contributed by atoms with Crippen molar-refractivity contribution in [3.63, 3.8) is 0 Å². The number of rotatable bonds is 7. The van der Waals surface area contributed by atoms with Crippen LogP contribution < -0.4 is 19.7 Å². The van der Waals surface area contributed by atoms with E-state index in [2.05, 4.69) is 10.2 Å². The van der Waals surface area contributed by atoms with Crippen molar-refractivity contribution in [2.75, 3.05) is 32.2 Å². The van der Waals surface area contributed by atoms with Gasteiger partial charge in [0.25, 0.3) is 0 Å². The molecule has 3 heterocycles. The van der Waals surface area contributed by atoms with E-state index >= 15 is 0 Å². The summed E-state index contributed by atoms with van der Waals surface area (Å²) in [5.41, 5.74) is 2.95. The predicted molar refractivity (Wildman–Crippen MR) is 133 cm³/mol. The zero-order chi connectivity index (χ0) is 23.5. The number of benzene rings is 2. The summed E-state index contributed by atoms with van der Waals surface area (Å²) >= 11 is 1.58. The maximum Gasteiger partial charge on any atom is 0.223 e. The number of hydrogen-bond acceptors (Lipinski definition) is 7. The molecule has 2 aromatic carbocycles. The van der Waals surface area contributed by atoms with E-state index in [1.807, 2.05) is 59.2 Å². The quantitative estimate of drug-likeness (QED) is 0.433. The Bertz CT molecular complexity index is 1240. The zero-order valence-electron chi connectivity index (χ0n) is 19.2. The first-order valence-electron chi connectivity index (χ1n) is 11.3. The summed E-state index contributed by atoms with van der Waals surface area (Å²) in [6, 6.07) is 15.6. The maximum absolute atomic E-state index is 12.7. The van der Waals surface area contributed by atoms with E-state index < -0.39 is 0 Å². The molecule has 0 bridgehead atoms. The molecule has 0 radical (unpaired) electrons. The van der Waals surface area contributed by atoms with E-state index in [9.17, 15) is 4.79 Å². The number of imidazole rings is 1. The highest BCUT2D eigenvalue weighted by Gasteiger charge is 2.27. The van der Waals surface area contributed by atoms with Crippen LogP contribution in [0.5, 0.6) is 11.5 Å². The van der Waals surface area contributed by atoms with Crippen LogP contribution in [-0.2, 0) is 11.3 Å². The first kappa shape index (κ1) is 22.2. The third-order valence-electron chi connectivity index (χ3n) is 6.16. The Hall–Kier alpha value is -3.59. The summed E-state index contributed by atoms with van der Waals surface area (Å²) in [6.07, 6.45) is 3.57. The number of aromatic nitrogens is 3. The molecule has 1 fully saturated rings. The van der Waals surface area contributed by atoms with Crippen LogP contribution in [0.3, 0.4) is 0 Å². The first-order chi connectivity index (χ1) is 16.6. The lowest BCUT2D eigenvalue weighted by Gasteiger charge is -2.30. The average Bonchev–Trinajstić information content (AvgIpc) is 3.47. The fraction of sp³-hybridized carbons (Fsp3) is 0.320. The van der Waals surface area contributed by atoms with Crippen LogP contribution >= 0.6 is 11.3 Å². The van der Waals surface area contributed by atoms with Gasteiger partial charge in [-0.3, -0.25) is 4.79 Å². The number of ether oxygens (including phenoxy) is 2. The predicted octanol–water partition coefficient (Wildman–Crippen LogP) is 4.01. The monoisotopic (exact) mass is 477 g/mol. The molecule has 4 aromatic rings. The number of piperidine rings is 1. The summed E-state index contributed by atoms with van der Waals surface area (Å²) in [5.74, 6) is 1.75. The van der Waals surface area contributed by atoms with E-state index in [-0.39, 0.29) is 11.8 Å². The van der Waals surface area contributed by atoms with Gasteiger partial charge in [0, 0.05) is 31.1 Å². The molecular weight excluding hydrogens is 450 g/mol. The molecule has 0 atom stereocenters. The minimum Gasteiger partial charge on any atom is -0.497 e. The van der Waals surface area contributed by atoms with Gasteiger partial charge in [-0.05, 0) is 54.8 Å². The number of methoxy groups -OCH3 is 2. The summed E-state index contributed by atoms with van der Waals surface area (Å²) in [4.78, 5) is 20.5. The van der Waals surface area contributed by atoms with Gasteiger partial charge >= 0.3 is 0 Å². The topological polar surface area (TPSA) is 81.0 Å². The van der Waals surface area contributed by atoms with Gasteiger partial charge in [0.2, 0.25) is 16.0 Å². The van der Waals surface area contributed by atoms with Gasteiger partial charge in [0.15, 0.2) is 0 Å². The molecule has 5 rings (SSSR count). The van der Waals surface area contributed by atoms with Crippen LogP contribution in [0.4, 0.5) is 5.13 Å². The average molecular weight is 478 g/mol. The zero-order valence-corrected chi connectivity index (χ0v) is 20.0. The van der Waals surface area contributed by atoms with Crippen molar-refractivity contribution in [1.29, 1.82) is 0 Å². The van der Waals surface area contributed by atoms with Crippen molar-refractivity contribution in [2.45, 2.75) is 19.4 Å². The summed E-state index contributed by atoms with van der Waals surface area (Å²) < 4.78 is 12.3. The number of nitrogens with one attached hydrogen (secondary N) is 1. The van der Waals surface area contributed by atoms with Crippen molar-refractivity contribution < 1.29 is 14.3 Å². The van der Waals surface area contributed by atoms with Gasteiger partial charge in [-0.15, -0.1) is 5.10 Å². The number of anilines is 1. The Kier molecular flexibility index (Phi) is 6.35. The largest absolute Gasteiger partial charge is 0.497 e. The number of carbonyl (C=O) groups is 1. The SMILES string of the molecule is COc1ccc(-c2cn3nc(N4CCC(C(=O)NCc5cccc(OC)c5)CC4)sc3n2)cc1. The third-order valence-corrected chi connectivity index (χ3v) is 7.14. The lowest BCUT2D eigenvalue weighted by atomic mass is 9.96. The number of amides is 1. The van der Waals surface area contributed by atoms with Crippen molar-refractivity contribution in [1.82, 2.24) is 19.9 Å². The fourth-order valence-electron chi connectivity index (χ4n) is 4.17. The second-order valence-corrected chi connectivity index (χ2v) is 9.23. The lowest BCUT2D eigenvalue weighted by molar-refractivity contribution is -0.125. The minimum atomic E-state index is 0.0209. The van der Waals surface area contributed by atoms with Crippen molar-refractivity contribution in [2.24, 2.45) is 5.92 Å². The summed E-state index contributed by atoms with van der Waals surface area (Å²) in [7, 11) is 3.30. The second-order valence-electron chi connectivity index (χ2n) is 8.30. The van der Waals surface area contributed by atoms with Crippen molar-refractivity contribution in [3.05, 3.63) is 60.3 Å². The molecule has 2 aromatic heterocycles. The van der Waals surface area contributed by atoms with Crippen molar-refractivity contribution >= 4 is 27.3 Å². The molecule has 1 N–H and O–H groups in total. The van der Waals surface area contributed by atoms with Gasteiger partial charge in [-0.25, -0.2) is 9.50 Å². The Labute approximate surface area is 202 Å². The summed E-state index contributed by atoms with van der Waals surface area (Å²) in [6.45, 7) is 2.12. The lowest BCUT2D eigenvalue weighted by Crippen LogP contribution is -2.40. The Balaban J connectivity index is 1.16. The molecule has 0 aliphatic carbocycles. The number of fused-ring (bicyclic) bond motifs is 1. The highest BCUT2D eigenvalue weighted by molar-refractivity contribution is 7.20. The molecule has 34 heavy (non-hydrogen) atoms. The molecule has 1 amide bonds. The number of hydrogen-bond donors (Lipinski definition) is 1. The van der Waals surface area contributed by atoms with Crippen LogP contribution in [0, 0.1) is 5.92 Å². The molecule has 176 valence electrons. The molecule has 0 spiro atoms. The van der Waals surface area contributed by atoms with Gasteiger partial charge in [0.1, 0.15) is 11.5 Å². The van der Waals surface area contributed by atoms with Crippen LogP contribution in [0.15, 0.2) is 54.7 Å². The smallest absolute Gasteiger partial charge is 0.223 e. The second kappa shape index (κ2) is 9.72. The third kappa shape index (κ3) is 4.70. The van der Waals surface area contributed by atoms with E-state index in [1.165, 1.54) is 0 Å². The maximum atomic E-state index is 12.7. The van der Waals surface area contributed by atoms with E-state index in [4.69, 9.17) is 19.6 Å². The highest BCUT2D eigenvalue weighted by atomic mass is 32.1. The Morgan fingerprint density at radius 1 is 1.09 bits per heavy atom. The molecule has 1 saturated heterocycles. The van der Waals surface area contributed by atoms with E-state index in [1.54, 1.807) is 25.6 Å². The number of nitrogens with zero attached hydrogens (tertiary/aromatic N) is 4. The van der Waals surface area contributed by atoms with Gasteiger partial charge in [-0.2, -0.15) is 0 Å². The van der Waals surface area contributed by atoms with Crippen molar-refractivity contribution in [3.8, 4) is 22.8 Å².